The van der Waals surface area contributed by atoms with E-state index in [1.165, 1.54) is 0 Å². The van der Waals surface area contributed by atoms with Gasteiger partial charge in [0.25, 0.3) is 5.91 Å². The van der Waals surface area contributed by atoms with Crippen molar-refractivity contribution in [1.29, 1.82) is 0 Å². The molecule has 7 heteroatoms. The van der Waals surface area contributed by atoms with Gasteiger partial charge in [0.2, 0.25) is 6.79 Å². The predicted molar refractivity (Wildman–Crippen MR) is 129 cm³/mol. The molecular formula is C27H29N3O4. The summed E-state index contributed by atoms with van der Waals surface area (Å²) in [7, 11) is 0. The third kappa shape index (κ3) is 4.43. The minimum absolute atomic E-state index is 0.0543. The summed E-state index contributed by atoms with van der Waals surface area (Å²) in [4.78, 5) is 29.8. The Labute approximate surface area is 199 Å². The van der Waals surface area contributed by atoms with Gasteiger partial charge in [0.1, 0.15) is 0 Å². The zero-order chi connectivity index (χ0) is 23.7. The van der Waals surface area contributed by atoms with Crippen molar-refractivity contribution in [3.05, 3.63) is 82.7 Å². The van der Waals surface area contributed by atoms with Gasteiger partial charge in [-0.05, 0) is 49.7 Å². The predicted octanol–water partition coefficient (Wildman–Crippen LogP) is 3.52. The number of nitrogens with zero attached hydrogens (tertiary/aromatic N) is 3. The molecule has 1 aromatic heterocycles. The SMILES string of the molecule is Cc1cc(C(=O)CN2CCN(C(=O)c3ccccc3)CC2)c(C)n1Cc1ccc2c(c1)OCO2. The van der Waals surface area contributed by atoms with Crippen LogP contribution in [0.1, 0.15) is 37.7 Å². The Hall–Kier alpha value is -3.58. The lowest BCUT2D eigenvalue weighted by molar-refractivity contribution is 0.0624. The first-order chi connectivity index (χ1) is 16.5. The lowest BCUT2D eigenvalue weighted by atomic mass is 10.1. The Bertz CT molecular complexity index is 1210. The molecule has 5 rings (SSSR count). The maximum absolute atomic E-state index is 13.2. The van der Waals surface area contributed by atoms with Gasteiger partial charge in [-0.2, -0.15) is 0 Å². The van der Waals surface area contributed by atoms with E-state index in [2.05, 4.69) is 9.47 Å². The van der Waals surface area contributed by atoms with E-state index in [-0.39, 0.29) is 18.5 Å². The number of ether oxygens (including phenoxy) is 2. The fraction of sp³-hybridized carbons (Fsp3) is 0.333. The van der Waals surface area contributed by atoms with E-state index in [0.717, 1.165) is 34.0 Å². The Morgan fingerprint density at radius 2 is 1.62 bits per heavy atom. The molecule has 0 atom stereocenters. The Balaban J connectivity index is 1.21. The van der Waals surface area contributed by atoms with Gasteiger partial charge >= 0.3 is 0 Å². The van der Waals surface area contributed by atoms with E-state index in [0.29, 0.717) is 44.8 Å². The van der Waals surface area contributed by atoms with Crippen molar-refractivity contribution >= 4 is 11.7 Å². The second-order valence-corrected chi connectivity index (χ2v) is 8.92. The van der Waals surface area contributed by atoms with Crippen LogP contribution in [-0.2, 0) is 6.54 Å². The minimum Gasteiger partial charge on any atom is -0.454 e. The maximum Gasteiger partial charge on any atom is 0.253 e. The minimum atomic E-state index is 0.0543. The molecule has 7 nitrogen and oxygen atoms in total. The number of amides is 1. The summed E-state index contributed by atoms with van der Waals surface area (Å²) < 4.78 is 13.1. The summed E-state index contributed by atoms with van der Waals surface area (Å²) in [5, 5.41) is 0. The van der Waals surface area contributed by atoms with E-state index in [1.54, 1.807) is 0 Å². The van der Waals surface area contributed by atoms with E-state index in [9.17, 15) is 9.59 Å². The quantitative estimate of drug-likeness (QED) is 0.528. The summed E-state index contributed by atoms with van der Waals surface area (Å²) in [6.07, 6.45) is 0. The molecule has 176 valence electrons. The lowest BCUT2D eigenvalue weighted by Gasteiger charge is -2.34. The van der Waals surface area contributed by atoms with Crippen LogP contribution < -0.4 is 9.47 Å². The number of Topliss-reactive ketones (excluding diaryl/α,β-unsaturated/α-hetero) is 1. The number of piperazine rings is 1. The largest absolute Gasteiger partial charge is 0.454 e. The summed E-state index contributed by atoms with van der Waals surface area (Å²) in [6, 6.07) is 17.3. The molecule has 0 aliphatic carbocycles. The average molecular weight is 460 g/mol. The van der Waals surface area contributed by atoms with E-state index in [4.69, 9.17) is 9.47 Å². The molecule has 1 saturated heterocycles. The molecule has 2 aliphatic rings. The molecule has 3 aromatic rings. The first-order valence-corrected chi connectivity index (χ1v) is 11.6. The number of carbonyl (C=O) groups is 2. The van der Waals surface area contributed by atoms with Crippen molar-refractivity contribution < 1.29 is 19.1 Å². The Kier molecular flexibility index (Phi) is 6.11. The van der Waals surface area contributed by atoms with Gasteiger partial charge in [-0.25, -0.2) is 0 Å². The van der Waals surface area contributed by atoms with Crippen molar-refractivity contribution in [2.24, 2.45) is 0 Å². The van der Waals surface area contributed by atoms with Gasteiger partial charge in [0, 0.05) is 55.2 Å². The second kappa shape index (κ2) is 9.35. The number of hydrogen-bond donors (Lipinski definition) is 0. The summed E-state index contributed by atoms with van der Waals surface area (Å²) in [5.74, 6) is 1.71. The number of benzene rings is 2. The third-order valence-corrected chi connectivity index (χ3v) is 6.70. The molecule has 2 aromatic carbocycles. The fourth-order valence-corrected chi connectivity index (χ4v) is 4.71. The number of hydrogen-bond acceptors (Lipinski definition) is 5. The van der Waals surface area contributed by atoms with Gasteiger partial charge in [-0.3, -0.25) is 14.5 Å². The molecular weight excluding hydrogens is 430 g/mol. The highest BCUT2D eigenvalue weighted by Crippen LogP contribution is 2.33. The topological polar surface area (TPSA) is 64.0 Å². The van der Waals surface area contributed by atoms with Crippen LogP contribution in [0.4, 0.5) is 0 Å². The normalized spacial score (nSPS) is 15.5. The van der Waals surface area contributed by atoms with E-state index in [1.807, 2.05) is 73.3 Å². The van der Waals surface area contributed by atoms with E-state index >= 15 is 0 Å². The molecule has 0 bridgehead atoms. The number of carbonyl (C=O) groups excluding carboxylic acids is 2. The first kappa shape index (κ1) is 22.2. The molecule has 0 saturated carbocycles. The van der Waals surface area contributed by atoms with Gasteiger partial charge < -0.3 is 18.9 Å². The monoisotopic (exact) mass is 459 g/mol. The summed E-state index contributed by atoms with van der Waals surface area (Å²) >= 11 is 0. The number of fused-ring (bicyclic) bond motifs is 1. The first-order valence-electron chi connectivity index (χ1n) is 11.6. The molecule has 0 N–H and O–H groups in total. The number of rotatable bonds is 6. The smallest absolute Gasteiger partial charge is 0.253 e. The second-order valence-electron chi connectivity index (χ2n) is 8.92. The maximum atomic E-state index is 13.2. The van der Waals surface area contributed by atoms with Crippen LogP contribution in [-0.4, -0.2) is 65.6 Å². The van der Waals surface area contributed by atoms with Crippen LogP contribution in [0, 0.1) is 13.8 Å². The zero-order valence-electron chi connectivity index (χ0n) is 19.6. The number of ketones is 1. The Morgan fingerprint density at radius 3 is 2.38 bits per heavy atom. The van der Waals surface area contributed by atoms with Crippen molar-refractivity contribution in [1.82, 2.24) is 14.4 Å². The highest BCUT2D eigenvalue weighted by Gasteiger charge is 2.25. The van der Waals surface area contributed by atoms with Crippen LogP contribution in [0.15, 0.2) is 54.6 Å². The number of aryl methyl sites for hydroxylation is 1. The van der Waals surface area contributed by atoms with Crippen molar-refractivity contribution in [2.75, 3.05) is 39.5 Å². The molecule has 0 spiro atoms. The lowest BCUT2D eigenvalue weighted by Crippen LogP contribution is -2.49. The third-order valence-electron chi connectivity index (χ3n) is 6.70. The summed E-state index contributed by atoms with van der Waals surface area (Å²) in [5.41, 5.74) is 4.60. The molecule has 0 radical (unpaired) electrons. The van der Waals surface area contributed by atoms with Crippen molar-refractivity contribution in [3.8, 4) is 11.5 Å². The van der Waals surface area contributed by atoms with Crippen molar-refractivity contribution in [2.45, 2.75) is 20.4 Å². The Morgan fingerprint density at radius 1 is 0.882 bits per heavy atom. The molecule has 2 aliphatic heterocycles. The summed E-state index contributed by atoms with van der Waals surface area (Å²) in [6.45, 7) is 7.97. The molecule has 34 heavy (non-hydrogen) atoms. The molecule has 1 fully saturated rings. The molecule has 1 amide bonds. The van der Waals surface area contributed by atoms with Gasteiger partial charge in [0.05, 0.1) is 6.54 Å². The van der Waals surface area contributed by atoms with Crippen LogP contribution in [0.5, 0.6) is 11.5 Å². The van der Waals surface area contributed by atoms with Crippen LogP contribution in [0.25, 0.3) is 0 Å². The van der Waals surface area contributed by atoms with Crippen molar-refractivity contribution in [3.63, 3.8) is 0 Å². The highest BCUT2D eigenvalue weighted by molar-refractivity contribution is 5.99. The van der Waals surface area contributed by atoms with Crippen LogP contribution >= 0.6 is 0 Å². The van der Waals surface area contributed by atoms with E-state index < -0.39 is 0 Å². The van der Waals surface area contributed by atoms with Crippen LogP contribution in [0.3, 0.4) is 0 Å². The number of aromatic nitrogens is 1. The highest BCUT2D eigenvalue weighted by atomic mass is 16.7. The average Bonchev–Trinajstić information content (AvgIpc) is 3.44. The van der Waals surface area contributed by atoms with Gasteiger partial charge in [0.15, 0.2) is 17.3 Å². The standard InChI is InChI=1S/C27H29N3O4/c1-19-14-23(20(2)30(19)16-21-8-9-25-26(15-21)34-18-33-25)24(31)17-28-10-12-29(13-11-28)27(32)22-6-4-3-5-7-22/h3-9,14-15H,10-13,16-18H2,1-2H3. The van der Waals surface area contributed by atoms with Gasteiger partial charge in [-0.15, -0.1) is 0 Å². The zero-order valence-corrected chi connectivity index (χ0v) is 19.6. The molecule has 3 heterocycles. The van der Waals surface area contributed by atoms with Gasteiger partial charge in [-0.1, -0.05) is 24.3 Å². The van der Waals surface area contributed by atoms with Crippen LogP contribution in [0.2, 0.25) is 0 Å². The molecule has 0 unspecified atom stereocenters. The fourth-order valence-electron chi connectivity index (χ4n) is 4.71.